The van der Waals surface area contributed by atoms with E-state index >= 15 is 0 Å². The third kappa shape index (κ3) is 2.96. The number of benzene rings is 4. The van der Waals surface area contributed by atoms with Crippen molar-refractivity contribution in [3.8, 4) is 11.4 Å². The number of aromatic nitrogens is 3. The first-order valence-corrected chi connectivity index (χ1v) is 12.1. The molecule has 6 rings (SSSR count). The van der Waals surface area contributed by atoms with Crippen LogP contribution in [0, 0.1) is 0 Å². The predicted molar refractivity (Wildman–Crippen MR) is 145 cm³/mol. The smallest absolute Gasteiger partial charge is 0.141 e. The maximum absolute atomic E-state index is 5.37. The molecule has 3 heteroatoms. The van der Waals surface area contributed by atoms with Gasteiger partial charge in [-0.25, -0.2) is 4.98 Å². The van der Waals surface area contributed by atoms with Crippen molar-refractivity contribution in [2.75, 3.05) is 0 Å². The molecule has 0 aliphatic heterocycles. The van der Waals surface area contributed by atoms with Crippen LogP contribution < -0.4 is 0 Å². The standard InChI is InChI=1S/C31H29N3/c1-18(2)21-13-8-14-22(19(3)4)28(21)31-33-29-24-12-7-6-11-23(24)25-17-27-20(10-9-15-32-27)16-26(25)30(29)34(31)5/h6-19H,1-5H3. The van der Waals surface area contributed by atoms with Gasteiger partial charge in [-0.15, -0.1) is 0 Å². The molecule has 0 fully saturated rings. The van der Waals surface area contributed by atoms with E-state index in [4.69, 9.17) is 4.98 Å². The van der Waals surface area contributed by atoms with Gasteiger partial charge >= 0.3 is 0 Å². The van der Waals surface area contributed by atoms with Crippen molar-refractivity contribution in [3.63, 3.8) is 0 Å². The Hall–Kier alpha value is -3.72. The Kier molecular flexibility index (Phi) is 4.70. The Morgan fingerprint density at radius 1 is 0.706 bits per heavy atom. The van der Waals surface area contributed by atoms with E-state index in [0.29, 0.717) is 11.8 Å². The normalized spacial score (nSPS) is 12.2. The summed E-state index contributed by atoms with van der Waals surface area (Å²) in [5, 5.41) is 6.02. The van der Waals surface area contributed by atoms with Gasteiger partial charge in [-0.2, -0.15) is 0 Å². The van der Waals surface area contributed by atoms with Gasteiger partial charge in [-0.05, 0) is 51.9 Å². The molecule has 168 valence electrons. The van der Waals surface area contributed by atoms with Crippen LogP contribution in [0.3, 0.4) is 0 Å². The minimum absolute atomic E-state index is 0.414. The quantitative estimate of drug-likeness (QED) is 0.203. The molecule has 0 aliphatic carbocycles. The maximum Gasteiger partial charge on any atom is 0.141 e. The van der Waals surface area contributed by atoms with Crippen LogP contribution in [0.4, 0.5) is 0 Å². The molecule has 4 aromatic carbocycles. The van der Waals surface area contributed by atoms with Crippen LogP contribution in [0.5, 0.6) is 0 Å². The van der Waals surface area contributed by atoms with E-state index in [2.05, 4.69) is 105 Å². The van der Waals surface area contributed by atoms with Gasteiger partial charge in [0.2, 0.25) is 0 Å². The lowest BCUT2D eigenvalue weighted by molar-refractivity contribution is 0.828. The van der Waals surface area contributed by atoms with Gasteiger partial charge in [0.1, 0.15) is 5.82 Å². The molecule has 0 radical (unpaired) electrons. The van der Waals surface area contributed by atoms with Crippen LogP contribution in [0.2, 0.25) is 0 Å². The number of fused-ring (bicyclic) bond motifs is 7. The molecule has 0 amide bonds. The van der Waals surface area contributed by atoms with Crippen molar-refractivity contribution in [3.05, 3.63) is 84.1 Å². The number of pyridine rings is 1. The minimum atomic E-state index is 0.414. The van der Waals surface area contributed by atoms with E-state index in [9.17, 15) is 0 Å². The highest BCUT2D eigenvalue weighted by atomic mass is 15.1. The Bertz CT molecular complexity index is 1690. The SMILES string of the molecule is CC(C)c1cccc(C(C)C)c1-c1nc2c3ccccc3c3cc4ncccc4cc3c2n1C. The molecule has 0 saturated heterocycles. The highest BCUT2D eigenvalue weighted by Crippen LogP contribution is 2.41. The van der Waals surface area contributed by atoms with Crippen LogP contribution >= 0.6 is 0 Å². The molecular weight excluding hydrogens is 414 g/mol. The molecule has 0 atom stereocenters. The molecule has 0 N–H and O–H groups in total. The van der Waals surface area contributed by atoms with Crippen LogP contribution in [-0.4, -0.2) is 14.5 Å². The van der Waals surface area contributed by atoms with Crippen molar-refractivity contribution in [1.82, 2.24) is 14.5 Å². The van der Waals surface area contributed by atoms with Gasteiger partial charge in [0.15, 0.2) is 0 Å². The third-order valence-corrected chi connectivity index (χ3v) is 7.16. The van der Waals surface area contributed by atoms with E-state index in [-0.39, 0.29) is 0 Å². The second kappa shape index (κ2) is 7.66. The Balaban J connectivity index is 1.83. The Morgan fingerprint density at radius 2 is 1.41 bits per heavy atom. The zero-order valence-corrected chi connectivity index (χ0v) is 20.4. The lowest BCUT2D eigenvalue weighted by Gasteiger charge is -2.19. The van der Waals surface area contributed by atoms with Crippen molar-refractivity contribution in [2.24, 2.45) is 7.05 Å². The molecule has 0 unspecified atom stereocenters. The van der Waals surface area contributed by atoms with Gasteiger partial charge in [0.05, 0.1) is 16.6 Å². The zero-order valence-electron chi connectivity index (χ0n) is 20.4. The summed E-state index contributed by atoms with van der Waals surface area (Å²) in [4.78, 5) is 10.0. The van der Waals surface area contributed by atoms with E-state index in [1.165, 1.54) is 43.8 Å². The number of rotatable bonds is 3. The summed E-state index contributed by atoms with van der Waals surface area (Å²) in [7, 11) is 2.17. The van der Waals surface area contributed by atoms with E-state index in [1.807, 2.05) is 12.3 Å². The van der Waals surface area contributed by atoms with Crippen LogP contribution in [0.25, 0.3) is 54.9 Å². The van der Waals surface area contributed by atoms with Crippen molar-refractivity contribution >= 4 is 43.5 Å². The first-order valence-electron chi connectivity index (χ1n) is 12.1. The topological polar surface area (TPSA) is 30.7 Å². The fourth-order valence-electron chi connectivity index (χ4n) is 5.49. The molecule has 0 spiro atoms. The molecule has 0 saturated carbocycles. The number of hydrogen-bond acceptors (Lipinski definition) is 2. The Morgan fingerprint density at radius 3 is 2.12 bits per heavy atom. The van der Waals surface area contributed by atoms with Gasteiger partial charge in [-0.3, -0.25) is 4.98 Å². The van der Waals surface area contributed by atoms with Crippen LogP contribution in [-0.2, 0) is 7.05 Å². The van der Waals surface area contributed by atoms with Crippen LogP contribution in [0.15, 0.2) is 72.9 Å². The largest absolute Gasteiger partial charge is 0.327 e. The molecule has 6 aromatic rings. The fourth-order valence-corrected chi connectivity index (χ4v) is 5.49. The zero-order chi connectivity index (χ0) is 23.6. The summed E-state index contributed by atoms with van der Waals surface area (Å²) in [5.74, 6) is 1.88. The first kappa shape index (κ1) is 20.9. The highest BCUT2D eigenvalue weighted by Gasteiger charge is 2.23. The lowest BCUT2D eigenvalue weighted by Crippen LogP contribution is -2.04. The van der Waals surface area contributed by atoms with Gasteiger partial charge in [-0.1, -0.05) is 76.2 Å². The highest BCUT2D eigenvalue weighted by molar-refractivity contribution is 6.25. The molecular formula is C31H29N3. The molecule has 34 heavy (non-hydrogen) atoms. The summed E-state index contributed by atoms with van der Waals surface area (Å²) in [6, 6.07) is 24.0. The minimum Gasteiger partial charge on any atom is -0.327 e. The van der Waals surface area contributed by atoms with Crippen molar-refractivity contribution in [2.45, 2.75) is 39.5 Å². The average molecular weight is 444 g/mol. The summed E-state index contributed by atoms with van der Waals surface area (Å²) in [6.45, 7) is 9.09. The summed E-state index contributed by atoms with van der Waals surface area (Å²) in [6.07, 6.45) is 1.87. The third-order valence-electron chi connectivity index (χ3n) is 7.16. The molecule has 2 heterocycles. The molecule has 2 aromatic heterocycles. The number of nitrogens with zero attached hydrogens (tertiary/aromatic N) is 3. The number of imidazole rings is 1. The maximum atomic E-state index is 5.37. The van der Waals surface area contributed by atoms with Crippen molar-refractivity contribution in [1.29, 1.82) is 0 Å². The van der Waals surface area contributed by atoms with Crippen LogP contribution in [0.1, 0.15) is 50.7 Å². The summed E-state index contributed by atoms with van der Waals surface area (Å²) in [5.41, 5.74) is 7.26. The van der Waals surface area contributed by atoms with Gasteiger partial charge < -0.3 is 4.57 Å². The predicted octanol–water partition coefficient (Wildman–Crippen LogP) is 8.34. The van der Waals surface area contributed by atoms with Crippen molar-refractivity contribution < 1.29 is 0 Å². The monoisotopic (exact) mass is 443 g/mol. The summed E-state index contributed by atoms with van der Waals surface area (Å²) >= 11 is 0. The molecule has 0 aliphatic rings. The average Bonchev–Trinajstić information content (AvgIpc) is 3.19. The van der Waals surface area contributed by atoms with E-state index in [0.717, 1.165) is 22.2 Å². The number of hydrogen-bond donors (Lipinski definition) is 0. The van der Waals surface area contributed by atoms with Gasteiger partial charge in [0, 0.05) is 35.0 Å². The molecule has 3 nitrogen and oxygen atoms in total. The lowest BCUT2D eigenvalue weighted by atomic mass is 9.88. The van der Waals surface area contributed by atoms with E-state index < -0.39 is 0 Å². The first-order chi connectivity index (χ1) is 16.5. The second-order valence-electron chi connectivity index (χ2n) is 9.95. The Labute approximate surface area is 200 Å². The summed E-state index contributed by atoms with van der Waals surface area (Å²) < 4.78 is 2.32. The molecule has 0 bridgehead atoms. The second-order valence-corrected chi connectivity index (χ2v) is 9.95. The fraction of sp³-hybridized carbons (Fsp3) is 0.226. The number of aryl methyl sites for hydroxylation is 1. The van der Waals surface area contributed by atoms with Gasteiger partial charge in [0.25, 0.3) is 0 Å². The van der Waals surface area contributed by atoms with E-state index in [1.54, 1.807) is 0 Å².